The SMILES string of the molecule is CCCC1CN(CC(C)(C)CN)C(=O)N1. The molecule has 0 saturated carbocycles. The second-order valence-electron chi connectivity index (χ2n) is 5.18. The van der Waals surface area contributed by atoms with Crippen LogP contribution in [0.1, 0.15) is 33.6 Å². The summed E-state index contributed by atoms with van der Waals surface area (Å²) in [4.78, 5) is 13.5. The van der Waals surface area contributed by atoms with Crippen molar-refractivity contribution in [2.24, 2.45) is 11.1 Å². The van der Waals surface area contributed by atoms with Crippen molar-refractivity contribution in [2.45, 2.75) is 39.7 Å². The van der Waals surface area contributed by atoms with Gasteiger partial charge < -0.3 is 16.0 Å². The van der Waals surface area contributed by atoms with Crippen LogP contribution >= 0.6 is 0 Å². The molecule has 1 atom stereocenters. The summed E-state index contributed by atoms with van der Waals surface area (Å²) in [6, 6.07) is 0.394. The molecule has 1 aliphatic rings. The molecule has 1 aliphatic heterocycles. The molecule has 1 heterocycles. The first kappa shape index (κ1) is 12.3. The molecule has 0 aromatic rings. The van der Waals surface area contributed by atoms with Crippen LogP contribution in [0.3, 0.4) is 0 Å². The van der Waals surface area contributed by atoms with Crippen LogP contribution in [0.2, 0.25) is 0 Å². The average Bonchev–Trinajstić information content (AvgIpc) is 2.47. The van der Waals surface area contributed by atoms with E-state index in [1.807, 2.05) is 4.90 Å². The van der Waals surface area contributed by atoms with Crippen molar-refractivity contribution in [3.8, 4) is 0 Å². The van der Waals surface area contributed by atoms with E-state index >= 15 is 0 Å². The van der Waals surface area contributed by atoms with Gasteiger partial charge in [0, 0.05) is 19.1 Å². The third kappa shape index (κ3) is 3.38. The van der Waals surface area contributed by atoms with Crippen LogP contribution < -0.4 is 11.1 Å². The lowest BCUT2D eigenvalue weighted by Gasteiger charge is -2.28. The molecule has 4 heteroatoms. The summed E-state index contributed by atoms with van der Waals surface area (Å²) < 4.78 is 0. The van der Waals surface area contributed by atoms with Gasteiger partial charge in [-0.15, -0.1) is 0 Å². The Balaban J connectivity index is 2.47. The Morgan fingerprint density at radius 1 is 1.60 bits per heavy atom. The maximum absolute atomic E-state index is 11.6. The number of carbonyl (C=O) groups is 1. The first-order valence-electron chi connectivity index (χ1n) is 5.74. The van der Waals surface area contributed by atoms with E-state index < -0.39 is 0 Å². The number of amides is 2. The van der Waals surface area contributed by atoms with E-state index in [4.69, 9.17) is 5.73 Å². The van der Waals surface area contributed by atoms with E-state index in [1.54, 1.807) is 0 Å². The fourth-order valence-electron chi connectivity index (χ4n) is 1.89. The van der Waals surface area contributed by atoms with Gasteiger partial charge in [-0.25, -0.2) is 4.79 Å². The second-order valence-corrected chi connectivity index (χ2v) is 5.18. The van der Waals surface area contributed by atoms with Gasteiger partial charge >= 0.3 is 6.03 Å². The van der Waals surface area contributed by atoms with Crippen LogP contribution in [0.15, 0.2) is 0 Å². The van der Waals surface area contributed by atoms with E-state index in [2.05, 4.69) is 26.1 Å². The summed E-state index contributed by atoms with van der Waals surface area (Å²) in [7, 11) is 0. The van der Waals surface area contributed by atoms with Crippen molar-refractivity contribution in [1.82, 2.24) is 10.2 Å². The largest absolute Gasteiger partial charge is 0.333 e. The number of hydrogen-bond donors (Lipinski definition) is 2. The van der Waals surface area contributed by atoms with Gasteiger partial charge in [-0.05, 0) is 18.4 Å². The lowest BCUT2D eigenvalue weighted by molar-refractivity contribution is 0.191. The lowest BCUT2D eigenvalue weighted by atomic mass is 9.93. The van der Waals surface area contributed by atoms with E-state index in [9.17, 15) is 4.79 Å². The zero-order valence-corrected chi connectivity index (χ0v) is 10.0. The molecular weight excluding hydrogens is 190 g/mol. The van der Waals surface area contributed by atoms with Crippen molar-refractivity contribution in [2.75, 3.05) is 19.6 Å². The third-order valence-electron chi connectivity index (χ3n) is 2.86. The summed E-state index contributed by atoms with van der Waals surface area (Å²) in [6.07, 6.45) is 2.17. The molecule has 0 bridgehead atoms. The van der Waals surface area contributed by atoms with Gasteiger partial charge in [0.15, 0.2) is 0 Å². The van der Waals surface area contributed by atoms with E-state index in [1.165, 1.54) is 0 Å². The second kappa shape index (κ2) is 4.84. The van der Waals surface area contributed by atoms with Gasteiger partial charge in [-0.3, -0.25) is 0 Å². The fraction of sp³-hybridized carbons (Fsp3) is 0.909. The van der Waals surface area contributed by atoms with Crippen molar-refractivity contribution in [3.05, 3.63) is 0 Å². The van der Waals surface area contributed by atoms with Crippen molar-refractivity contribution >= 4 is 6.03 Å². The van der Waals surface area contributed by atoms with Gasteiger partial charge in [0.1, 0.15) is 0 Å². The Morgan fingerprint density at radius 2 is 2.27 bits per heavy atom. The van der Waals surface area contributed by atoms with Crippen LogP contribution in [0, 0.1) is 5.41 Å². The molecule has 0 spiro atoms. The monoisotopic (exact) mass is 213 g/mol. The Morgan fingerprint density at radius 3 is 2.80 bits per heavy atom. The smallest absolute Gasteiger partial charge is 0.317 e. The lowest BCUT2D eigenvalue weighted by Crippen LogP contribution is -2.40. The van der Waals surface area contributed by atoms with Crippen molar-refractivity contribution < 1.29 is 4.79 Å². The molecule has 0 aliphatic carbocycles. The molecule has 15 heavy (non-hydrogen) atoms. The molecule has 3 N–H and O–H groups in total. The average molecular weight is 213 g/mol. The number of rotatable bonds is 5. The summed E-state index contributed by atoms with van der Waals surface area (Å²) >= 11 is 0. The molecule has 4 nitrogen and oxygen atoms in total. The molecule has 0 aromatic carbocycles. The van der Waals surface area contributed by atoms with Gasteiger partial charge in [0.05, 0.1) is 0 Å². The number of carbonyl (C=O) groups excluding carboxylic acids is 1. The molecule has 2 amide bonds. The first-order valence-corrected chi connectivity index (χ1v) is 5.74. The zero-order chi connectivity index (χ0) is 11.5. The highest BCUT2D eigenvalue weighted by molar-refractivity contribution is 5.76. The first-order chi connectivity index (χ1) is 6.98. The van der Waals surface area contributed by atoms with Crippen LogP contribution in [0.5, 0.6) is 0 Å². The number of nitrogens with one attached hydrogen (secondary N) is 1. The predicted molar refractivity (Wildman–Crippen MR) is 61.6 cm³/mol. The minimum atomic E-state index is 0.0123. The standard InChI is InChI=1S/C11H23N3O/c1-4-5-9-6-14(10(15)13-9)8-11(2,3)7-12/h9H,4-8,12H2,1-3H3,(H,13,15). The highest BCUT2D eigenvalue weighted by Gasteiger charge is 2.31. The molecule has 1 fully saturated rings. The quantitative estimate of drug-likeness (QED) is 0.720. The van der Waals surface area contributed by atoms with Crippen molar-refractivity contribution in [3.63, 3.8) is 0 Å². The van der Waals surface area contributed by atoms with Gasteiger partial charge in [0.25, 0.3) is 0 Å². The molecule has 88 valence electrons. The Labute approximate surface area is 92.2 Å². The maximum Gasteiger partial charge on any atom is 0.317 e. The maximum atomic E-state index is 11.6. The molecule has 1 saturated heterocycles. The van der Waals surface area contributed by atoms with Crippen LogP contribution in [0.4, 0.5) is 4.79 Å². The van der Waals surface area contributed by atoms with Crippen LogP contribution in [-0.4, -0.2) is 36.6 Å². The molecule has 1 rings (SSSR count). The zero-order valence-electron chi connectivity index (χ0n) is 10.0. The normalized spacial score (nSPS) is 22.0. The van der Waals surface area contributed by atoms with E-state index in [-0.39, 0.29) is 11.4 Å². The topological polar surface area (TPSA) is 58.4 Å². The Kier molecular flexibility index (Phi) is 3.97. The molecule has 0 radical (unpaired) electrons. The van der Waals surface area contributed by atoms with E-state index in [0.717, 1.165) is 25.9 Å². The molecule has 1 unspecified atom stereocenters. The van der Waals surface area contributed by atoms with Gasteiger partial charge in [0.2, 0.25) is 0 Å². The predicted octanol–water partition coefficient (Wildman–Crippen LogP) is 1.17. The number of urea groups is 1. The summed E-state index contributed by atoms with van der Waals surface area (Å²) in [5, 5.41) is 3.00. The minimum absolute atomic E-state index is 0.0123. The third-order valence-corrected chi connectivity index (χ3v) is 2.86. The highest BCUT2D eigenvalue weighted by atomic mass is 16.2. The van der Waals surface area contributed by atoms with Crippen LogP contribution in [0.25, 0.3) is 0 Å². The minimum Gasteiger partial charge on any atom is -0.333 e. The summed E-state index contributed by atoms with van der Waals surface area (Å²) in [6.45, 7) is 8.50. The number of hydrogen-bond acceptors (Lipinski definition) is 2. The van der Waals surface area contributed by atoms with Gasteiger partial charge in [-0.2, -0.15) is 0 Å². The molecule has 0 aromatic heterocycles. The Hall–Kier alpha value is -0.770. The highest BCUT2D eigenvalue weighted by Crippen LogP contribution is 2.18. The molecular formula is C11H23N3O. The van der Waals surface area contributed by atoms with Crippen LogP contribution in [-0.2, 0) is 0 Å². The van der Waals surface area contributed by atoms with Crippen molar-refractivity contribution in [1.29, 1.82) is 0 Å². The Bertz CT molecular complexity index is 228. The summed E-state index contributed by atoms with van der Waals surface area (Å²) in [5.74, 6) is 0. The van der Waals surface area contributed by atoms with Gasteiger partial charge in [-0.1, -0.05) is 27.2 Å². The number of nitrogens with two attached hydrogens (primary N) is 1. The fourth-order valence-corrected chi connectivity index (χ4v) is 1.89. The summed E-state index contributed by atoms with van der Waals surface area (Å²) in [5.41, 5.74) is 5.68. The van der Waals surface area contributed by atoms with E-state index in [0.29, 0.717) is 12.6 Å². The number of nitrogens with zero attached hydrogens (tertiary/aromatic N) is 1.